The van der Waals surface area contributed by atoms with Crippen LogP contribution in [0.15, 0.2) is 29.4 Å². The van der Waals surface area contributed by atoms with E-state index in [4.69, 9.17) is 0 Å². The van der Waals surface area contributed by atoms with Gasteiger partial charge in [-0.1, -0.05) is 17.8 Å². The highest BCUT2D eigenvalue weighted by Crippen LogP contribution is 2.21. The first-order valence-corrected chi connectivity index (χ1v) is 8.65. The molecule has 2 aromatic rings. The Bertz CT molecular complexity index is 821. The fourth-order valence-electron chi connectivity index (χ4n) is 2.47. The largest absolute Gasteiger partial charge is 0.326 e. The first-order valence-electron chi connectivity index (χ1n) is 7.67. The standard InChI is InChI=1S/C15H16N6O3S/c1-10(22)16-11-4-2-5-12(8-11)21-15(17-18-19-21)25-9-14(24)20-7-3-6-13(20)23/h2,4-5,8H,3,6-7,9H2,1H3,(H,16,22). The van der Waals surface area contributed by atoms with Crippen LogP contribution in [0.3, 0.4) is 0 Å². The van der Waals surface area contributed by atoms with Crippen LogP contribution < -0.4 is 5.32 Å². The summed E-state index contributed by atoms with van der Waals surface area (Å²) in [4.78, 5) is 36.2. The number of anilines is 1. The van der Waals surface area contributed by atoms with E-state index in [2.05, 4.69) is 20.8 Å². The molecule has 130 valence electrons. The van der Waals surface area contributed by atoms with Gasteiger partial charge in [0.25, 0.3) is 0 Å². The molecule has 1 aliphatic rings. The van der Waals surface area contributed by atoms with E-state index in [9.17, 15) is 14.4 Å². The van der Waals surface area contributed by atoms with Crippen LogP contribution in [0, 0.1) is 0 Å². The number of aromatic nitrogens is 4. The van der Waals surface area contributed by atoms with Crippen molar-refractivity contribution in [3.05, 3.63) is 24.3 Å². The normalized spacial score (nSPS) is 14.0. The van der Waals surface area contributed by atoms with Gasteiger partial charge in [0, 0.05) is 25.6 Å². The molecule has 0 bridgehead atoms. The van der Waals surface area contributed by atoms with Crippen molar-refractivity contribution >= 4 is 35.2 Å². The van der Waals surface area contributed by atoms with Gasteiger partial charge in [0.05, 0.1) is 11.4 Å². The van der Waals surface area contributed by atoms with E-state index >= 15 is 0 Å². The predicted molar refractivity (Wildman–Crippen MR) is 90.1 cm³/mol. The summed E-state index contributed by atoms with van der Waals surface area (Å²) in [6.07, 6.45) is 1.13. The molecular formula is C15H16N6O3S. The number of amides is 3. The average Bonchev–Trinajstić information content (AvgIpc) is 3.21. The highest BCUT2D eigenvalue weighted by atomic mass is 32.2. The van der Waals surface area contributed by atoms with Gasteiger partial charge in [-0.05, 0) is 35.0 Å². The summed E-state index contributed by atoms with van der Waals surface area (Å²) >= 11 is 1.16. The molecule has 0 aliphatic carbocycles. The molecule has 1 saturated heterocycles. The zero-order valence-electron chi connectivity index (χ0n) is 13.5. The highest BCUT2D eigenvalue weighted by Gasteiger charge is 2.26. The number of imide groups is 1. The summed E-state index contributed by atoms with van der Waals surface area (Å²) in [6, 6.07) is 7.04. The number of thioether (sulfide) groups is 1. The molecule has 0 spiro atoms. The Morgan fingerprint density at radius 1 is 1.36 bits per heavy atom. The summed E-state index contributed by atoms with van der Waals surface area (Å²) < 4.78 is 1.48. The molecule has 0 saturated carbocycles. The van der Waals surface area contributed by atoms with Crippen LogP contribution in [0.5, 0.6) is 0 Å². The summed E-state index contributed by atoms with van der Waals surface area (Å²) in [6.45, 7) is 1.90. The van der Waals surface area contributed by atoms with Crippen molar-refractivity contribution in [2.24, 2.45) is 0 Å². The first-order chi connectivity index (χ1) is 12.0. The Hall–Kier alpha value is -2.75. The predicted octanol–water partition coefficient (Wildman–Crippen LogP) is 0.862. The van der Waals surface area contributed by atoms with Gasteiger partial charge < -0.3 is 5.32 Å². The van der Waals surface area contributed by atoms with Gasteiger partial charge in [0.15, 0.2) is 0 Å². The summed E-state index contributed by atoms with van der Waals surface area (Å²) in [5.74, 6) is -0.469. The molecule has 3 amide bonds. The molecule has 0 unspecified atom stereocenters. The minimum atomic E-state index is -0.242. The second-order valence-corrected chi connectivity index (χ2v) is 6.38. The van der Waals surface area contributed by atoms with Crippen LogP contribution in [0.1, 0.15) is 19.8 Å². The van der Waals surface area contributed by atoms with Gasteiger partial charge in [-0.15, -0.1) is 5.10 Å². The molecule has 25 heavy (non-hydrogen) atoms. The third kappa shape index (κ3) is 4.02. The van der Waals surface area contributed by atoms with Crippen molar-refractivity contribution in [3.8, 4) is 5.69 Å². The van der Waals surface area contributed by atoms with E-state index in [0.717, 1.165) is 11.8 Å². The lowest BCUT2D eigenvalue weighted by molar-refractivity contribution is -0.140. The van der Waals surface area contributed by atoms with Crippen molar-refractivity contribution in [1.82, 2.24) is 25.1 Å². The monoisotopic (exact) mass is 360 g/mol. The molecule has 2 heterocycles. The van der Waals surface area contributed by atoms with E-state index in [1.54, 1.807) is 24.3 Å². The van der Waals surface area contributed by atoms with E-state index < -0.39 is 0 Å². The third-order valence-electron chi connectivity index (χ3n) is 3.55. The Labute approximate surface area is 147 Å². The minimum absolute atomic E-state index is 0.0809. The van der Waals surface area contributed by atoms with E-state index in [-0.39, 0.29) is 23.5 Å². The van der Waals surface area contributed by atoms with Crippen LogP contribution >= 0.6 is 11.8 Å². The van der Waals surface area contributed by atoms with E-state index in [1.807, 2.05) is 0 Å². The number of hydrogen-bond donors (Lipinski definition) is 1. The molecular weight excluding hydrogens is 344 g/mol. The van der Waals surface area contributed by atoms with E-state index in [0.29, 0.717) is 35.9 Å². The number of nitrogens with zero attached hydrogens (tertiary/aromatic N) is 5. The summed E-state index contributed by atoms with van der Waals surface area (Å²) in [5.41, 5.74) is 1.28. The molecule has 1 aromatic carbocycles. The van der Waals surface area contributed by atoms with Crippen LogP contribution in [0.25, 0.3) is 5.69 Å². The zero-order chi connectivity index (χ0) is 17.8. The lowest BCUT2D eigenvalue weighted by Gasteiger charge is -2.12. The molecule has 0 radical (unpaired) electrons. The lowest BCUT2D eigenvalue weighted by Crippen LogP contribution is -2.33. The van der Waals surface area contributed by atoms with Crippen molar-refractivity contribution in [2.45, 2.75) is 24.9 Å². The van der Waals surface area contributed by atoms with Crippen LogP contribution in [-0.2, 0) is 14.4 Å². The molecule has 0 atom stereocenters. The Balaban J connectivity index is 1.71. The quantitative estimate of drug-likeness (QED) is 0.788. The van der Waals surface area contributed by atoms with Crippen LogP contribution in [0.4, 0.5) is 5.69 Å². The SMILES string of the molecule is CC(=O)Nc1cccc(-n2nnnc2SCC(=O)N2CCCC2=O)c1. The van der Waals surface area contributed by atoms with Crippen molar-refractivity contribution in [3.63, 3.8) is 0 Å². The Kier molecular flexibility index (Phi) is 5.08. The second kappa shape index (κ2) is 7.43. The molecule has 1 aliphatic heterocycles. The number of likely N-dealkylation sites (tertiary alicyclic amines) is 1. The summed E-state index contributed by atoms with van der Waals surface area (Å²) in [5, 5.41) is 14.6. The molecule has 1 fully saturated rings. The molecule has 1 aromatic heterocycles. The smallest absolute Gasteiger partial charge is 0.239 e. The number of carbonyl (C=O) groups excluding carboxylic acids is 3. The number of hydrogen-bond acceptors (Lipinski definition) is 7. The van der Waals surface area contributed by atoms with Gasteiger partial charge in [0.1, 0.15) is 0 Å². The fourth-order valence-corrected chi connectivity index (χ4v) is 3.23. The minimum Gasteiger partial charge on any atom is -0.326 e. The lowest BCUT2D eigenvalue weighted by atomic mass is 10.3. The third-order valence-corrected chi connectivity index (χ3v) is 4.46. The van der Waals surface area contributed by atoms with Gasteiger partial charge >= 0.3 is 0 Å². The van der Waals surface area contributed by atoms with Gasteiger partial charge in [-0.3, -0.25) is 19.3 Å². The molecule has 3 rings (SSSR count). The highest BCUT2D eigenvalue weighted by molar-refractivity contribution is 7.99. The summed E-state index contributed by atoms with van der Waals surface area (Å²) in [7, 11) is 0. The topological polar surface area (TPSA) is 110 Å². The zero-order valence-corrected chi connectivity index (χ0v) is 14.3. The Morgan fingerprint density at radius 2 is 2.20 bits per heavy atom. The average molecular weight is 360 g/mol. The molecule has 9 nitrogen and oxygen atoms in total. The van der Waals surface area contributed by atoms with Crippen molar-refractivity contribution < 1.29 is 14.4 Å². The van der Waals surface area contributed by atoms with Crippen LogP contribution in [-0.4, -0.2) is 55.1 Å². The van der Waals surface area contributed by atoms with Crippen molar-refractivity contribution in [2.75, 3.05) is 17.6 Å². The number of rotatable bonds is 5. The number of benzene rings is 1. The first kappa shape index (κ1) is 17.1. The van der Waals surface area contributed by atoms with E-state index in [1.165, 1.54) is 16.5 Å². The van der Waals surface area contributed by atoms with Gasteiger partial charge in [0.2, 0.25) is 22.9 Å². The maximum absolute atomic E-state index is 12.1. The molecule has 1 N–H and O–H groups in total. The maximum Gasteiger partial charge on any atom is 0.239 e. The Morgan fingerprint density at radius 3 is 2.92 bits per heavy atom. The number of carbonyl (C=O) groups is 3. The fraction of sp³-hybridized carbons (Fsp3) is 0.333. The van der Waals surface area contributed by atoms with Crippen molar-refractivity contribution in [1.29, 1.82) is 0 Å². The molecule has 10 heteroatoms. The number of tetrazole rings is 1. The van der Waals surface area contributed by atoms with Crippen LogP contribution in [0.2, 0.25) is 0 Å². The van der Waals surface area contributed by atoms with Gasteiger partial charge in [-0.25, -0.2) is 0 Å². The second-order valence-electron chi connectivity index (χ2n) is 5.44. The number of nitrogens with one attached hydrogen (secondary N) is 1. The van der Waals surface area contributed by atoms with Gasteiger partial charge in [-0.2, -0.15) is 4.68 Å². The maximum atomic E-state index is 12.1.